The Balaban J connectivity index is 1.88. The first-order chi connectivity index (χ1) is 15.3. The van der Waals surface area contributed by atoms with Gasteiger partial charge in [-0.25, -0.2) is 13.8 Å². The molecule has 0 unspecified atom stereocenters. The molecule has 0 atom stereocenters. The monoisotopic (exact) mass is 442 g/mol. The smallest absolute Gasteiger partial charge is 0.278 e. The number of hydrogen-bond acceptors (Lipinski definition) is 8. The summed E-state index contributed by atoms with van der Waals surface area (Å²) in [7, 11) is 0. The van der Waals surface area contributed by atoms with Crippen molar-refractivity contribution in [3.8, 4) is 17.3 Å². The van der Waals surface area contributed by atoms with E-state index in [2.05, 4.69) is 30.5 Å². The molecule has 0 spiro atoms. The fourth-order valence-electron chi connectivity index (χ4n) is 2.62. The molecule has 0 aromatic carbocycles. The summed E-state index contributed by atoms with van der Waals surface area (Å²) in [6.07, 6.45) is 1.80. The van der Waals surface area contributed by atoms with Crippen molar-refractivity contribution >= 4 is 23.6 Å². The van der Waals surface area contributed by atoms with Crippen LogP contribution in [0.4, 0.5) is 20.3 Å². The lowest BCUT2D eigenvalue weighted by Gasteiger charge is -2.11. The summed E-state index contributed by atoms with van der Waals surface area (Å²) in [6.45, 7) is 3.90. The number of nitrogens with one attached hydrogen (secondary N) is 1. The van der Waals surface area contributed by atoms with Gasteiger partial charge >= 0.3 is 0 Å². The first-order valence-corrected chi connectivity index (χ1v) is 9.40. The third-order valence-corrected chi connectivity index (χ3v) is 4.19. The zero-order valence-corrected chi connectivity index (χ0v) is 17.1. The number of anilines is 1. The number of pyridine rings is 2. The van der Waals surface area contributed by atoms with E-state index in [1.165, 1.54) is 24.5 Å². The van der Waals surface area contributed by atoms with Gasteiger partial charge in [0.2, 0.25) is 0 Å². The number of allylic oxidation sites excluding steroid dienone is 1. The van der Waals surface area contributed by atoms with Crippen LogP contribution < -0.4 is 11.1 Å². The molecule has 0 fully saturated rings. The van der Waals surface area contributed by atoms with E-state index in [4.69, 9.17) is 5.73 Å². The van der Waals surface area contributed by atoms with Gasteiger partial charge in [-0.1, -0.05) is 6.07 Å². The first kappa shape index (κ1) is 22.5. The van der Waals surface area contributed by atoms with Crippen LogP contribution in [-0.2, 0) is 4.79 Å². The molecular weight excluding hydrogens is 422 g/mol. The van der Waals surface area contributed by atoms with Crippen molar-refractivity contribution in [2.75, 3.05) is 5.32 Å². The van der Waals surface area contributed by atoms with Gasteiger partial charge in [0.25, 0.3) is 12.3 Å². The third-order valence-electron chi connectivity index (χ3n) is 4.19. The molecule has 0 bridgehead atoms. The fraction of sp³-hybridized carbons (Fsp3) is 0.200. The highest BCUT2D eigenvalue weighted by Crippen LogP contribution is 2.21. The van der Waals surface area contributed by atoms with E-state index in [0.29, 0.717) is 11.5 Å². The SMILES string of the molecule is CC(C)n1cnnc1-c1cccc(NC(=O)C(C=Nc2cncc(O)c2)=C(N)C(F)F)n1. The average molecular weight is 442 g/mol. The third kappa shape index (κ3) is 5.28. The summed E-state index contributed by atoms with van der Waals surface area (Å²) in [4.78, 5) is 24.7. The Kier molecular flexibility index (Phi) is 6.83. The molecule has 1 amide bonds. The predicted octanol–water partition coefficient (Wildman–Crippen LogP) is 2.84. The van der Waals surface area contributed by atoms with Gasteiger partial charge in [-0.3, -0.25) is 14.8 Å². The van der Waals surface area contributed by atoms with Crippen LogP contribution in [0.2, 0.25) is 0 Å². The molecule has 12 heteroatoms. The van der Waals surface area contributed by atoms with Crippen LogP contribution in [0.15, 0.2) is 59.2 Å². The van der Waals surface area contributed by atoms with Gasteiger partial charge in [0.05, 0.1) is 29.4 Å². The van der Waals surface area contributed by atoms with Crippen molar-refractivity contribution in [2.24, 2.45) is 10.7 Å². The van der Waals surface area contributed by atoms with Crippen LogP contribution in [0.3, 0.4) is 0 Å². The molecule has 0 saturated heterocycles. The predicted molar refractivity (Wildman–Crippen MR) is 114 cm³/mol. The topological polar surface area (TPSA) is 144 Å². The highest BCUT2D eigenvalue weighted by molar-refractivity contribution is 6.18. The van der Waals surface area contributed by atoms with Crippen LogP contribution in [0.25, 0.3) is 11.5 Å². The van der Waals surface area contributed by atoms with Crippen LogP contribution in [0.1, 0.15) is 19.9 Å². The van der Waals surface area contributed by atoms with Crippen LogP contribution >= 0.6 is 0 Å². The zero-order chi connectivity index (χ0) is 23.3. The molecule has 0 aliphatic rings. The number of carbonyl (C=O) groups excluding carboxylic acids is 1. The van der Waals surface area contributed by atoms with E-state index in [1.54, 1.807) is 23.0 Å². The Bertz CT molecular complexity index is 1170. The van der Waals surface area contributed by atoms with Gasteiger partial charge in [-0.2, -0.15) is 0 Å². The molecule has 3 heterocycles. The number of aromatic hydroxyl groups is 1. The Morgan fingerprint density at radius 1 is 1.31 bits per heavy atom. The molecule has 166 valence electrons. The summed E-state index contributed by atoms with van der Waals surface area (Å²) < 4.78 is 28.2. The number of halogens is 2. The normalized spacial score (nSPS) is 12.4. The fourth-order valence-corrected chi connectivity index (χ4v) is 2.62. The Morgan fingerprint density at radius 3 is 2.78 bits per heavy atom. The van der Waals surface area contributed by atoms with Crippen LogP contribution in [0.5, 0.6) is 5.75 Å². The van der Waals surface area contributed by atoms with Gasteiger partial charge in [0, 0.05) is 18.3 Å². The molecule has 3 aromatic heterocycles. The molecule has 32 heavy (non-hydrogen) atoms. The maximum Gasteiger partial charge on any atom is 0.278 e. The lowest BCUT2D eigenvalue weighted by Crippen LogP contribution is -2.23. The standard InChI is InChI=1S/C20H20F2N8O2/c1-11(2)30-10-26-29-19(30)15-4-3-5-16(27-15)28-20(32)14(17(23)18(21)22)9-25-12-6-13(31)8-24-7-12/h3-11,18,31H,23H2,1-2H3,(H,27,28,32). The van der Waals surface area contributed by atoms with Crippen molar-refractivity contribution in [2.45, 2.75) is 26.3 Å². The molecule has 0 saturated carbocycles. The molecule has 0 aliphatic carbocycles. The summed E-state index contributed by atoms with van der Waals surface area (Å²) in [5, 5.41) is 19.8. The van der Waals surface area contributed by atoms with E-state index in [-0.39, 0.29) is 23.3 Å². The number of nitrogens with two attached hydrogens (primary N) is 1. The van der Waals surface area contributed by atoms with Gasteiger partial charge in [0.15, 0.2) is 5.82 Å². The molecule has 3 aromatic rings. The number of alkyl halides is 2. The van der Waals surface area contributed by atoms with Crippen molar-refractivity contribution < 1.29 is 18.7 Å². The Morgan fingerprint density at radius 2 is 2.09 bits per heavy atom. The minimum absolute atomic E-state index is 0.0727. The molecule has 0 radical (unpaired) electrons. The van der Waals surface area contributed by atoms with Gasteiger partial charge < -0.3 is 20.7 Å². The average Bonchev–Trinajstić information content (AvgIpc) is 3.24. The number of carbonyl (C=O) groups is 1. The second kappa shape index (κ2) is 9.73. The quantitative estimate of drug-likeness (QED) is 0.377. The maximum atomic E-state index is 13.2. The molecule has 0 aliphatic heterocycles. The number of aromatic nitrogens is 5. The summed E-state index contributed by atoms with van der Waals surface area (Å²) in [5.74, 6) is -0.531. The second-order valence-corrected chi connectivity index (χ2v) is 6.85. The minimum atomic E-state index is -3.09. The number of hydrogen-bond donors (Lipinski definition) is 3. The molecule has 3 rings (SSSR count). The number of rotatable bonds is 7. The minimum Gasteiger partial charge on any atom is -0.506 e. The van der Waals surface area contributed by atoms with E-state index in [1.807, 2.05) is 13.8 Å². The lowest BCUT2D eigenvalue weighted by atomic mass is 10.2. The van der Waals surface area contributed by atoms with Gasteiger partial charge in [-0.15, -0.1) is 10.2 Å². The zero-order valence-electron chi connectivity index (χ0n) is 17.1. The number of amides is 1. The molecule has 4 N–H and O–H groups in total. The van der Waals surface area contributed by atoms with E-state index >= 15 is 0 Å². The summed E-state index contributed by atoms with van der Waals surface area (Å²) in [6, 6.07) is 6.11. The Hall–Kier alpha value is -4.22. The van der Waals surface area contributed by atoms with Gasteiger partial charge in [0.1, 0.15) is 23.6 Å². The largest absolute Gasteiger partial charge is 0.506 e. The van der Waals surface area contributed by atoms with E-state index < -0.39 is 23.6 Å². The highest BCUT2D eigenvalue weighted by atomic mass is 19.3. The lowest BCUT2D eigenvalue weighted by molar-refractivity contribution is -0.112. The van der Waals surface area contributed by atoms with Crippen LogP contribution in [0, 0.1) is 0 Å². The second-order valence-electron chi connectivity index (χ2n) is 6.85. The van der Waals surface area contributed by atoms with Crippen molar-refractivity contribution in [1.82, 2.24) is 24.7 Å². The van der Waals surface area contributed by atoms with Crippen LogP contribution in [-0.4, -0.2) is 48.4 Å². The maximum absolute atomic E-state index is 13.2. The number of aliphatic imine (C=N–C) groups is 1. The highest BCUT2D eigenvalue weighted by Gasteiger charge is 2.20. The Labute approximate surface area is 181 Å². The van der Waals surface area contributed by atoms with Crippen molar-refractivity contribution in [3.05, 3.63) is 54.3 Å². The van der Waals surface area contributed by atoms with Gasteiger partial charge in [-0.05, 0) is 26.0 Å². The van der Waals surface area contributed by atoms with E-state index in [9.17, 15) is 18.7 Å². The number of nitrogens with zero attached hydrogens (tertiary/aromatic N) is 6. The first-order valence-electron chi connectivity index (χ1n) is 9.40. The summed E-state index contributed by atoms with van der Waals surface area (Å²) in [5.41, 5.74) is 4.50. The summed E-state index contributed by atoms with van der Waals surface area (Å²) >= 11 is 0. The molecule has 10 nitrogen and oxygen atoms in total. The van der Waals surface area contributed by atoms with Crippen molar-refractivity contribution in [3.63, 3.8) is 0 Å². The molecular formula is C20H20F2N8O2. The van der Waals surface area contributed by atoms with Crippen molar-refractivity contribution in [1.29, 1.82) is 0 Å². The van der Waals surface area contributed by atoms with E-state index in [0.717, 1.165) is 6.21 Å².